The molecule has 0 unspecified atom stereocenters. The predicted molar refractivity (Wildman–Crippen MR) is 123 cm³/mol. The lowest BCUT2D eigenvalue weighted by atomic mass is 9.94. The van der Waals surface area contributed by atoms with Gasteiger partial charge in [-0.25, -0.2) is 0 Å². The molecule has 1 aromatic rings. The van der Waals surface area contributed by atoms with Crippen LogP contribution in [0.1, 0.15) is 64.2 Å². The van der Waals surface area contributed by atoms with Gasteiger partial charge < -0.3 is 24.3 Å². The Morgan fingerprint density at radius 2 is 1.65 bits per heavy atom. The lowest BCUT2D eigenvalue weighted by Gasteiger charge is -2.37. The Bertz CT molecular complexity index is 898. The molecule has 0 bridgehead atoms. The first kappa shape index (κ1) is 22.5. The first-order chi connectivity index (χ1) is 16.6. The third kappa shape index (κ3) is 4.04. The third-order valence-corrected chi connectivity index (χ3v) is 8.02. The highest BCUT2D eigenvalue weighted by atomic mass is 16.8. The molecule has 3 saturated heterocycles. The van der Waals surface area contributed by atoms with Crippen molar-refractivity contribution in [3.05, 3.63) is 30.3 Å². The normalized spacial score (nSPS) is 35.6. The molecule has 5 fully saturated rings. The second kappa shape index (κ2) is 9.22. The van der Waals surface area contributed by atoms with Crippen molar-refractivity contribution in [2.75, 3.05) is 11.5 Å². The average Bonchev–Trinajstić information content (AvgIpc) is 3.30. The number of nitrogens with zero attached hydrogens (tertiary/aromatic N) is 1. The molecule has 5 atom stereocenters. The van der Waals surface area contributed by atoms with Gasteiger partial charge >= 0.3 is 0 Å². The molecular formula is C26H34N2O6. The number of hydrogen-bond acceptors (Lipinski definition) is 6. The molecule has 0 aromatic heterocycles. The van der Waals surface area contributed by atoms with Crippen LogP contribution in [0.15, 0.2) is 30.3 Å². The SMILES string of the molecule is O=C(NC1CCCCC1)[C@H]1[C@H]2O[C@@H]3OC4(CCCCC4)O[C@@H]3[C@H]2OCC(=O)N1c1ccccc1. The quantitative estimate of drug-likeness (QED) is 0.731. The van der Waals surface area contributed by atoms with Gasteiger partial charge in [-0.05, 0) is 37.8 Å². The molecule has 8 nitrogen and oxygen atoms in total. The molecule has 3 heterocycles. The van der Waals surface area contributed by atoms with E-state index in [2.05, 4.69) is 5.32 Å². The van der Waals surface area contributed by atoms with Gasteiger partial charge in [-0.3, -0.25) is 14.5 Å². The van der Waals surface area contributed by atoms with Crippen LogP contribution in [0.25, 0.3) is 0 Å². The monoisotopic (exact) mass is 470 g/mol. The summed E-state index contributed by atoms with van der Waals surface area (Å²) in [4.78, 5) is 28.7. The number of rotatable bonds is 3. The lowest BCUT2D eigenvalue weighted by molar-refractivity contribution is -0.248. The fourth-order valence-electron chi connectivity index (χ4n) is 6.36. The minimum atomic E-state index is -0.857. The molecule has 3 aliphatic heterocycles. The van der Waals surface area contributed by atoms with E-state index in [-0.39, 0.29) is 24.5 Å². The van der Waals surface area contributed by atoms with Crippen molar-refractivity contribution in [2.45, 2.75) is 107 Å². The fraction of sp³-hybridized carbons (Fsp3) is 0.692. The van der Waals surface area contributed by atoms with Gasteiger partial charge in [-0.15, -0.1) is 0 Å². The Labute approximate surface area is 200 Å². The highest BCUT2D eigenvalue weighted by Crippen LogP contribution is 2.47. The maximum absolute atomic E-state index is 13.8. The molecule has 2 amide bonds. The van der Waals surface area contributed by atoms with Crippen LogP contribution in [-0.4, -0.2) is 60.9 Å². The van der Waals surface area contributed by atoms with Gasteiger partial charge in [0.25, 0.3) is 5.91 Å². The van der Waals surface area contributed by atoms with E-state index in [1.165, 1.54) is 12.8 Å². The highest BCUT2D eigenvalue weighted by molar-refractivity contribution is 6.02. The van der Waals surface area contributed by atoms with Gasteiger partial charge in [0, 0.05) is 24.6 Å². The molecule has 1 spiro atoms. The summed E-state index contributed by atoms with van der Waals surface area (Å²) in [6, 6.07) is 8.58. The molecule has 5 aliphatic rings. The second-order valence-electron chi connectivity index (χ2n) is 10.3. The number of fused-ring (bicyclic) bond motifs is 3. The van der Waals surface area contributed by atoms with Crippen LogP contribution in [-0.2, 0) is 28.5 Å². The number of anilines is 1. The summed E-state index contributed by atoms with van der Waals surface area (Å²) in [5.41, 5.74) is 0.659. The first-order valence-electron chi connectivity index (χ1n) is 12.9. The number of nitrogens with one attached hydrogen (secondary N) is 1. The molecule has 8 heteroatoms. The van der Waals surface area contributed by atoms with E-state index in [1.54, 1.807) is 4.90 Å². The number of carbonyl (C=O) groups is 2. The maximum atomic E-state index is 13.8. The second-order valence-corrected chi connectivity index (χ2v) is 10.3. The zero-order valence-electron chi connectivity index (χ0n) is 19.5. The predicted octanol–water partition coefficient (Wildman–Crippen LogP) is 3.04. The van der Waals surface area contributed by atoms with Gasteiger partial charge in [-0.2, -0.15) is 0 Å². The molecule has 1 aromatic carbocycles. The molecule has 184 valence electrons. The van der Waals surface area contributed by atoms with E-state index in [0.29, 0.717) is 5.69 Å². The van der Waals surface area contributed by atoms with Crippen LogP contribution < -0.4 is 10.2 Å². The summed E-state index contributed by atoms with van der Waals surface area (Å²) < 4.78 is 25.3. The van der Waals surface area contributed by atoms with Crippen molar-refractivity contribution >= 4 is 17.5 Å². The molecule has 1 N–H and O–H groups in total. The van der Waals surface area contributed by atoms with Crippen LogP contribution in [0.5, 0.6) is 0 Å². The standard InChI is InChI=1S/C26H34N2O6/c29-19-16-31-22-21(32-25-23(22)33-26(34-25)14-8-3-9-15-26)20(28(19)18-12-6-2-7-13-18)24(30)27-17-10-4-1-5-11-17/h2,6-7,12-13,17,20-23,25H,1,3-5,8-11,14-16H2,(H,27,30)/t20-,21-,22+,23-,25-/m1/s1. The molecule has 2 aliphatic carbocycles. The summed E-state index contributed by atoms with van der Waals surface area (Å²) >= 11 is 0. The fourth-order valence-corrected chi connectivity index (χ4v) is 6.36. The van der Waals surface area contributed by atoms with E-state index in [4.69, 9.17) is 18.9 Å². The Kier molecular flexibility index (Phi) is 6.09. The topological polar surface area (TPSA) is 86.3 Å². The van der Waals surface area contributed by atoms with Crippen molar-refractivity contribution in [1.82, 2.24) is 5.32 Å². The van der Waals surface area contributed by atoms with Gasteiger partial charge in [0.1, 0.15) is 31.0 Å². The minimum absolute atomic E-state index is 0.121. The summed E-state index contributed by atoms with van der Waals surface area (Å²) in [7, 11) is 0. The molecular weight excluding hydrogens is 436 g/mol. The zero-order valence-corrected chi connectivity index (χ0v) is 19.5. The Morgan fingerprint density at radius 1 is 0.912 bits per heavy atom. The zero-order chi connectivity index (χ0) is 23.1. The average molecular weight is 471 g/mol. The number of carbonyl (C=O) groups excluding carboxylic acids is 2. The van der Waals surface area contributed by atoms with Crippen molar-refractivity contribution in [3.8, 4) is 0 Å². The number of hydrogen-bond donors (Lipinski definition) is 1. The Morgan fingerprint density at radius 3 is 2.41 bits per heavy atom. The van der Waals surface area contributed by atoms with Crippen LogP contribution in [0.4, 0.5) is 5.69 Å². The summed E-state index contributed by atoms with van der Waals surface area (Å²) in [6.07, 6.45) is 8.03. The van der Waals surface area contributed by atoms with Crippen LogP contribution in [0.3, 0.4) is 0 Å². The van der Waals surface area contributed by atoms with Gasteiger partial charge in [-0.1, -0.05) is 43.9 Å². The number of para-hydroxylation sites is 1. The van der Waals surface area contributed by atoms with E-state index < -0.39 is 36.4 Å². The Balaban J connectivity index is 1.30. The summed E-state index contributed by atoms with van der Waals surface area (Å²) in [6.45, 7) is -0.133. The van der Waals surface area contributed by atoms with Gasteiger partial charge in [0.2, 0.25) is 5.91 Å². The minimum Gasteiger partial charge on any atom is -0.363 e. The van der Waals surface area contributed by atoms with Crippen LogP contribution >= 0.6 is 0 Å². The van der Waals surface area contributed by atoms with Crippen LogP contribution in [0.2, 0.25) is 0 Å². The van der Waals surface area contributed by atoms with E-state index in [9.17, 15) is 9.59 Å². The first-order valence-corrected chi connectivity index (χ1v) is 12.9. The smallest absolute Gasteiger partial charge is 0.253 e. The van der Waals surface area contributed by atoms with Crippen LogP contribution in [0, 0.1) is 0 Å². The Hall–Kier alpha value is -2.00. The highest BCUT2D eigenvalue weighted by Gasteiger charge is 2.62. The van der Waals surface area contributed by atoms with Crippen molar-refractivity contribution < 1.29 is 28.5 Å². The van der Waals surface area contributed by atoms with Gasteiger partial charge in [0.15, 0.2) is 12.1 Å². The van der Waals surface area contributed by atoms with Crippen molar-refractivity contribution in [1.29, 1.82) is 0 Å². The van der Waals surface area contributed by atoms with Crippen molar-refractivity contribution in [2.24, 2.45) is 0 Å². The number of ether oxygens (including phenoxy) is 4. The number of benzene rings is 1. The van der Waals surface area contributed by atoms with Crippen molar-refractivity contribution in [3.63, 3.8) is 0 Å². The molecule has 2 saturated carbocycles. The maximum Gasteiger partial charge on any atom is 0.253 e. The van der Waals surface area contributed by atoms with E-state index in [1.807, 2.05) is 30.3 Å². The van der Waals surface area contributed by atoms with E-state index >= 15 is 0 Å². The van der Waals surface area contributed by atoms with Gasteiger partial charge in [0.05, 0.1) is 0 Å². The van der Waals surface area contributed by atoms with E-state index in [0.717, 1.165) is 51.4 Å². The third-order valence-electron chi connectivity index (χ3n) is 8.02. The molecule has 34 heavy (non-hydrogen) atoms. The lowest BCUT2D eigenvalue weighted by Crippen LogP contribution is -2.59. The largest absolute Gasteiger partial charge is 0.363 e. The molecule has 6 rings (SSSR count). The summed E-state index contributed by atoms with van der Waals surface area (Å²) in [5, 5.41) is 3.22. The summed E-state index contributed by atoms with van der Waals surface area (Å²) in [5.74, 6) is -1.08. The molecule has 0 radical (unpaired) electrons. The number of amides is 2.